The molecule has 9 heteroatoms. The summed E-state index contributed by atoms with van der Waals surface area (Å²) in [7, 11) is -2.27. The third-order valence-corrected chi connectivity index (χ3v) is 4.44. The fraction of sp³-hybridized carbons (Fsp3) is 0.176. The minimum atomic E-state index is -3.73. The van der Waals surface area contributed by atoms with Crippen LogP contribution in [0.2, 0.25) is 0 Å². The molecule has 0 radical (unpaired) electrons. The molecule has 138 valence electrons. The van der Waals surface area contributed by atoms with Crippen LogP contribution < -0.4 is 20.5 Å². The molecule has 0 spiro atoms. The van der Waals surface area contributed by atoms with E-state index >= 15 is 0 Å². The lowest BCUT2D eigenvalue weighted by Gasteiger charge is -2.10. The molecule has 4 N–H and O–H groups in total. The molecule has 8 nitrogen and oxygen atoms in total. The molecule has 2 rings (SSSR count). The van der Waals surface area contributed by atoms with Crippen LogP contribution in [0.15, 0.2) is 53.4 Å². The fourth-order valence-electron chi connectivity index (χ4n) is 2.17. The lowest BCUT2D eigenvalue weighted by Crippen LogP contribution is -2.36. The highest BCUT2D eigenvalue weighted by Gasteiger charge is 2.15. The predicted octanol–water partition coefficient (Wildman–Crippen LogP) is 0.640. The average molecular weight is 377 g/mol. The zero-order valence-corrected chi connectivity index (χ0v) is 14.9. The molecule has 2 amide bonds. The van der Waals surface area contributed by atoms with Crippen LogP contribution in [0.3, 0.4) is 0 Å². The van der Waals surface area contributed by atoms with E-state index in [1.807, 2.05) is 0 Å². The first-order valence-corrected chi connectivity index (χ1v) is 9.20. The van der Waals surface area contributed by atoms with Crippen LogP contribution in [0.5, 0.6) is 5.75 Å². The molecule has 0 aliphatic carbocycles. The van der Waals surface area contributed by atoms with E-state index in [-0.39, 0.29) is 11.4 Å². The average Bonchev–Trinajstić information content (AvgIpc) is 2.61. The van der Waals surface area contributed by atoms with Crippen molar-refractivity contribution in [2.24, 2.45) is 5.14 Å². The highest BCUT2D eigenvalue weighted by Crippen LogP contribution is 2.22. The summed E-state index contributed by atoms with van der Waals surface area (Å²) in [6, 6.07) is 12.7. The molecule has 2 aromatic rings. The van der Waals surface area contributed by atoms with Crippen molar-refractivity contribution in [2.75, 3.05) is 19.0 Å². The molecule has 0 aliphatic heterocycles. The summed E-state index contributed by atoms with van der Waals surface area (Å²) in [5, 5.41) is 10.0. The largest absolute Gasteiger partial charge is 0.495 e. The minimum absolute atomic E-state index is 0.0153. The monoisotopic (exact) mass is 377 g/mol. The van der Waals surface area contributed by atoms with Crippen molar-refractivity contribution in [2.45, 2.75) is 11.3 Å². The summed E-state index contributed by atoms with van der Waals surface area (Å²) < 4.78 is 27.5. The van der Waals surface area contributed by atoms with E-state index in [0.29, 0.717) is 17.9 Å². The van der Waals surface area contributed by atoms with Gasteiger partial charge in [0.1, 0.15) is 5.75 Å². The first kappa shape index (κ1) is 19.4. The van der Waals surface area contributed by atoms with E-state index in [2.05, 4.69) is 10.6 Å². The third-order valence-electron chi connectivity index (χ3n) is 3.51. The Kier molecular flexibility index (Phi) is 6.31. The first-order valence-electron chi connectivity index (χ1n) is 7.65. The maximum Gasteiger partial charge on any atom is 0.313 e. The van der Waals surface area contributed by atoms with Crippen LogP contribution in [0.4, 0.5) is 5.69 Å². The van der Waals surface area contributed by atoms with E-state index in [1.165, 1.54) is 19.2 Å². The van der Waals surface area contributed by atoms with Crippen molar-refractivity contribution in [1.29, 1.82) is 0 Å². The van der Waals surface area contributed by atoms with Gasteiger partial charge in [-0.05, 0) is 36.2 Å². The Morgan fingerprint density at radius 3 is 2.31 bits per heavy atom. The van der Waals surface area contributed by atoms with Crippen molar-refractivity contribution < 1.29 is 22.7 Å². The third kappa shape index (κ3) is 5.30. The number of anilines is 1. The van der Waals surface area contributed by atoms with Gasteiger partial charge in [0, 0.05) is 6.54 Å². The molecule has 0 aromatic heterocycles. The Balaban J connectivity index is 1.85. The maximum absolute atomic E-state index is 11.9. The minimum Gasteiger partial charge on any atom is -0.495 e. The van der Waals surface area contributed by atoms with Gasteiger partial charge in [-0.15, -0.1) is 0 Å². The molecular formula is C17H19N3O5S. The molecule has 0 saturated carbocycles. The number of amides is 2. The van der Waals surface area contributed by atoms with Gasteiger partial charge in [0.15, 0.2) is 0 Å². The summed E-state index contributed by atoms with van der Waals surface area (Å²) in [5.74, 6) is -1.14. The van der Waals surface area contributed by atoms with E-state index in [1.54, 1.807) is 36.4 Å². The highest BCUT2D eigenvalue weighted by atomic mass is 32.2. The van der Waals surface area contributed by atoms with Crippen molar-refractivity contribution in [3.63, 3.8) is 0 Å². The number of rotatable bonds is 6. The van der Waals surface area contributed by atoms with Crippen LogP contribution >= 0.6 is 0 Å². The van der Waals surface area contributed by atoms with Gasteiger partial charge in [-0.25, -0.2) is 13.6 Å². The number of sulfonamides is 1. The molecule has 0 fully saturated rings. The van der Waals surface area contributed by atoms with Gasteiger partial charge in [-0.1, -0.05) is 24.3 Å². The summed E-state index contributed by atoms with van der Waals surface area (Å²) in [6.07, 6.45) is 0.429. The summed E-state index contributed by atoms with van der Waals surface area (Å²) in [6.45, 7) is 0.215. The van der Waals surface area contributed by atoms with Crippen LogP contribution in [0.25, 0.3) is 0 Å². The second-order valence-electron chi connectivity index (χ2n) is 5.35. The Morgan fingerprint density at radius 1 is 1.04 bits per heavy atom. The van der Waals surface area contributed by atoms with Gasteiger partial charge < -0.3 is 15.4 Å². The van der Waals surface area contributed by atoms with Crippen molar-refractivity contribution in [3.8, 4) is 5.75 Å². The van der Waals surface area contributed by atoms with Crippen LogP contribution in [-0.2, 0) is 26.0 Å². The number of benzene rings is 2. The van der Waals surface area contributed by atoms with E-state index in [0.717, 1.165) is 5.56 Å². The van der Waals surface area contributed by atoms with Gasteiger partial charge in [0.2, 0.25) is 10.0 Å². The molecule has 2 aromatic carbocycles. The molecule has 0 heterocycles. The van der Waals surface area contributed by atoms with Crippen molar-refractivity contribution in [3.05, 3.63) is 54.1 Å². The Labute approximate surface area is 151 Å². The fourth-order valence-corrected chi connectivity index (χ4v) is 2.69. The van der Waals surface area contributed by atoms with E-state index in [4.69, 9.17) is 9.88 Å². The van der Waals surface area contributed by atoms with Crippen LogP contribution in [-0.4, -0.2) is 33.9 Å². The summed E-state index contributed by atoms with van der Waals surface area (Å²) >= 11 is 0. The Bertz CT molecular complexity index is 895. The number of nitrogens with one attached hydrogen (secondary N) is 2. The molecule has 0 saturated heterocycles. The van der Waals surface area contributed by atoms with Gasteiger partial charge in [0.05, 0.1) is 17.7 Å². The van der Waals surface area contributed by atoms with E-state index in [9.17, 15) is 18.0 Å². The second kappa shape index (κ2) is 8.45. The topological polar surface area (TPSA) is 128 Å². The summed E-state index contributed by atoms with van der Waals surface area (Å²) in [4.78, 5) is 23.8. The van der Waals surface area contributed by atoms with E-state index < -0.39 is 21.8 Å². The van der Waals surface area contributed by atoms with Gasteiger partial charge in [0.25, 0.3) is 0 Å². The molecule has 0 atom stereocenters. The summed E-state index contributed by atoms with van der Waals surface area (Å²) in [5.41, 5.74) is 1.19. The lowest BCUT2D eigenvalue weighted by molar-refractivity contribution is -0.136. The zero-order chi connectivity index (χ0) is 19.2. The quantitative estimate of drug-likeness (QED) is 0.637. The standard InChI is InChI=1S/C17H19N3O5S/c1-25-15-5-3-2-4-14(15)20-17(22)16(21)19-11-10-12-6-8-13(9-7-12)26(18,23)24/h2-9H,10-11H2,1H3,(H,19,21)(H,20,22)(H2,18,23,24). The Morgan fingerprint density at radius 2 is 1.69 bits per heavy atom. The van der Waals surface area contributed by atoms with Gasteiger partial charge >= 0.3 is 11.8 Å². The SMILES string of the molecule is COc1ccccc1NC(=O)C(=O)NCCc1ccc(S(N)(=O)=O)cc1. The number of hydrogen-bond donors (Lipinski definition) is 3. The zero-order valence-electron chi connectivity index (χ0n) is 14.1. The predicted molar refractivity (Wildman–Crippen MR) is 96.2 cm³/mol. The highest BCUT2D eigenvalue weighted by molar-refractivity contribution is 7.89. The molecular weight excluding hydrogens is 358 g/mol. The molecule has 0 unspecified atom stereocenters. The number of carbonyl (C=O) groups is 2. The molecule has 0 aliphatic rings. The number of primary sulfonamides is 1. The lowest BCUT2D eigenvalue weighted by atomic mass is 10.1. The van der Waals surface area contributed by atoms with Crippen LogP contribution in [0, 0.1) is 0 Å². The van der Waals surface area contributed by atoms with Crippen molar-refractivity contribution in [1.82, 2.24) is 5.32 Å². The number of methoxy groups -OCH3 is 1. The Hall–Kier alpha value is -2.91. The second-order valence-corrected chi connectivity index (χ2v) is 6.91. The van der Waals surface area contributed by atoms with Gasteiger partial charge in [-0.3, -0.25) is 9.59 Å². The van der Waals surface area contributed by atoms with Crippen molar-refractivity contribution >= 4 is 27.5 Å². The molecule has 0 bridgehead atoms. The van der Waals surface area contributed by atoms with Crippen LogP contribution in [0.1, 0.15) is 5.56 Å². The molecule has 26 heavy (non-hydrogen) atoms. The van der Waals surface area contributed by atoms with Gasteiger partial charge in [-0.2, -0.15) is 0 Å². The maximum atomic E-state index is 11.9. The smallest absolute Gasteiger partial charge is 0.313 e. The number of hydrogen-bond acceptors (Lipinski definition) is 5. The number of ether oxygens (including phenoxy) is 1. The number of nitrogens with two attached hydrogens (primary N) is 1. The normalized spacial score (nSPS) is 10.8. The number of carbonyl (C=O) groups excluding carboxylic acids is 2. The number of para-hydroxylation sites is 2. The first-order chi connectivity index (χ1) is 12.3.